The number of nitrogens with one attached hydrogen (secondary N) is 1. The largest absolute Gasteiger partial charge is 0.481 e. The Morgan fingerprint density at radius 1 is 1.45 bits per heavy atom. The van der Waals surface area contributed by atoms with Gasteiger partial charge in [-0.05, 0) is 18.2 Å². The number of nitro benzene ring substituents is 1. The zero-order valence-corrected chi connectivity index (χ0v) is 12.3. The molecule has 20 heavy (non-hydrogen) atoms. The highest BCUT2D eigenvalue weighted by Crippen LogP contribution is 2.28. The second-order valence-electron chi connectivity index (χ2n) is 3.94. The monoisotopic (exact) mass is 337 g/mol. The van der Waals surface area contributed by atoms with Gasteiger partial charge in [-0.25, -0.2) is 4.98 Å². The molecule has 0 saturated carbocycles. The number of halogens is 1. The van der Waals surface area contributed by atoms with Gasteiger partial charge in [0.2, 0.25) is 5.88 Å². The Morgan fingerprint density at radius 2 is 2.25 bits per heavy atom. The second kappa shape index (κ2) is 6.33. The SMILES string of the molecule is COc1ncccc1CNc1ccc(Br)cc1[N+](=O)[O-]. The summed E-state index contributed by atoms with van der Waals surface area (Å²) in [6.45, 7) is 0.388. The summed E-state index contributed by atoms with van der Waals surface area (Å²) in [6, 6.07) is 8.50. The van der Waals surface area contributed by atoms with E-state index in [0.29, 0.717) is 22.6 Å². The normalized spacial score (nSPS) is 10.1. The van der Waals surface area contributed by atoms with Crippen molar-refractivity contribution >= 4 is 27.3 Å². The molecule has 1 N–H and O–H groups in total. The number of anilines is 1. The van der Waals surface area contributed by atoms with E-state index in [1.54, 1.807) is 24.4 Å². The molecule has 0 bridgehead atoms. The zero-order chi connectivity index (χ0) is 14.5. The Bertz CT molecular complexity index is 634. The predicted octanol–water partition coefficient (Wildman–Crippen LogP) is 3.37. The van der Waals surface area contributed by atoms with Crippen LogP contribution in [0.2, 0.25) is 0 Å². The lowest BCUT2D eigenvalue weighted by Gasteiger charge is -2.10. The van der Waals surface area contributed by atoms with Crippen molar-refractivity contribution in [2.45, 2.75) is 6.54 Å². The van der Waals surface area contributed by atoms with Gasteiger partial charge >= 0.3 is 0 Å². The van der Waals surface area contributed by atoms with Crippen molar-refractivity contribution in [1.82, 2.24) is 4.98 Å². The van der Waals surface area contributed by atoms with Crippen LogP contribution in [0.1, 0.15) is 5.56 Å². The van der Waals surface area contributed by atoms with Crippen LogP contribution in [0.5, 0.6) is 5.88 Å². The number of pyridine rings is 1. The summed E-state index contributed by atoms with van der Waals surface area (Å²) >= 11 is 3.22. The van der Waals surface area contributed by atoms with E-state index >= 15 is 0 Å². The van der Waals surface area contributed by atoms with Crippen molar-refractivity contribution in [2.24, 2.45) is 0 Å². The third kappa shape index (κ3) is 3.24. The predicted molar refractivity (Wildman–Crippen MR) is 78.9 cm³/mol. The average Bonchev–Trinajstić information content (AvgIpc) is 2.46. The van der Waals surface area contributed by atoms with Crippen molar-refractivity contribution in [2.75, 3.05) is 12.4 Å². The Kier molecular flexibility index (Phi) is 4.52. The van der Waals surface area contributed by atoms with Gasteiger partial charge in [-0.3, -0.25) is 10.1 Å². The van der Waals surface area contributed by atoms with Crippen LogP contribution >= 0.6 is 15.9 Å². The molecular formula is C13H12BrN3O3. The van der Waals surface area contributed by atoms with Crippen LogP contribution in [0.15, 0.2) is 41.0 Å². The molecule has 1 aromatic carbocycles. The molecule has 0 amide bonds. The van der Waals surface area contributed by atoms with Crippen LogP contribution in [0.3, 0.4) is 0 Å². The van der Waals surface area contributed by atoms with Gasteiger partial charge in [0.05, 0.1) is 12.0 Å². The summed E-state index contributed by atoms with van der Waals surface area (Å²) in [5.74, 6) is 0.500. The number of hydrogen-bond donors (Lipinski definition) is 1. The van der Waals surface area contributed by atoms with Crippen LogP contribution in [-0.4, -0.2) is 17.0 Å². The van der Waals surface area contributed by atoms with E-state index < -0.39 is 4.92 Å². The summed E-state index contributed by atoms with van der Waals surface area (Å²) in [6.07, 6.45) is 1.63. The van der Waals surface area contributed by atoms with Crippen molar-refractivity contribution < 1.29 is 9.66 Å². The number of ether oxygens (including phenoxy) is 1. The number of nitro groups is 1. The molecule has 104 valence electrons. The number of methoxy groups -OCH3 is 1. The molecule has 6 nitrogen and oxygen atoms in total. The third-order valence-corrected chi connectivity index (χ3v) is 3.16. The molecule has 0 aliphatic rings. The van der Waals surface area contributed by atoms with Crippen LogP contribution in [0, 0.1) is 10.1 Å². The third-order valence-electron chi connectivity index (χ3n) is 2.67. The highest BCUT2D eigenvalue weighted by molar-refractivity contribution is 9.10. The Labute approximate surface area is 124 Å². The lowest BCUT2D eigenvalue weighted by atomic mass is 10.2. The van der Waals surface area contributed by atoms with Crippen LogP contribution in [0.25, 0.3) is 0 Å². The number of rotatable bonds is 5. The van der Waals surface area contributed by atoms with E-state index in [1.807, 2.05) is 6.07 Å². The molecule has 0 aliphatic carbocycles. The fourth-order valence-electron chi connectivity index (χ4n) is 1.74. The zero-order valence-electron chi connectivity index (χ0n) is 10.7. The number of hydrogen-bond acceptors (Lipinski definition) is 5. The maximum Gasteiger partial charge on any atom is 0.293 e. The minimum atomic E-state index is -0.423. The van der Waals surface area contributed by atoms with Crippen molar-refractivity contribution in [3.8, 4) is 5.88 Å². The molecule has 0 saturated heterocycles. The quantitative estimate of drug-likeness (QED) is 0.668. The first-order valence-corrected chi connectivity index (χ1v) is 6.57. The molecule has 1 aromatic heterocycles. The minimum Gasteiger partial charge on any atom is -0.481 e. The maximum absolute atomic E-state index is 11.0. The molecular weight excluding hydrogens is 326 g/mol. The number of benzene rings is 1. The van der Waals surface area contributed by atoms with E-state index in [9.17, 15) is 10.1 Å². The van der Waals surface area contributed by atoms with Gasteiger partial charge in [-0.2, -0.15) is 0 Å². The summed E-state index contributed by atoms with van der Waals surface area (Å²) in [4.78, 5) is 14.7. The van der Waals surface area contributed by atoms with E-state index in [-0.39, 0.29) is 5.69 Å². The van der Waals surface area contributed by atoms with Gasteiger partial charge in [0.25, 0.3) is 5.69 Å². The van der Waals surface area contributed by atoms with Gasteiger partial charge in [-0.1, -0.05) is 22.0 Å². The van der Waals surface area contributed by atoms with Gasteiger partial charge in [0, 0.05) is 28.8 Å². The molecule has 0 atom stereocenters. The number of nitrogens with zero attached hydrogens (tertiary/aromatic N) is 2. The highest BCUT2D eigenvalue weighted by Gasteiger charge is 2.14. The lowest BCUT2D eigenvalue weighted by Crippen LogP contribution is -2.04. The molecule has 0 fully saturated rings. The average molecular weight is 338 g/mol. The van der Waals surface area contributed by atoms with Gasteiger partial charge in [0.1, 0.15) is 5.69 Å². The smallest absolute Gasteiger partial charge is 0.293 e. The van der Waals surface area contributed by atoms with Gasteiger partial charge in [-0.15, -0.1) is 0 Å². The summed E-state index contributed by atoms with van der Waals surface area (Å²) in [7, 11) is 1.54. The highest BCUT2D eigenvalue weighted by atomic mass is 79.9. The first kappa shape index (κ1) is 14.3. The van der Waals surface area contributed by atoms with E-state index in [4.69, 9.17) is 4.74 Å². The summed E-state index contributed by atoms with van der Waals surface area (Å²) < 4.78 is 5.80. The molecule has 0 spiro atoms. The van der Waals surface area contributed by atoms with Gasteiger partial charge < -0.3 is 10.1 Å². The summed E-state index contributed by atoms with van der Waals surface area (Å²) in [5.41, 5.74) is 1.29. The molecule has 0 radical (unpaired) electrons. The van der Waals surface area contributed by atoms with Gasteiger partial charge in [0.15, 0.2) is 0 Å². The molecule has 2 aromatic rings. The van der Waals surface area contributed by atoms with Crippen LogP contribution < -0.4 is 10.1 Å². The summed E-state index contributed by atoms with van der Waals surface area (Å²) in [5, 5.41) is 14.0. The Morgan fingerprint density at radius 3 is 2.95 bits per heavy atom. The number of aromatic nitrogens is 1. The molecule has 7 heteroatoms. The molecule has 0 aliphatic heterocycles. The van der Waals surface area contributed by atoms with Crippen LogP contribution in [0.4, 0.5) is 11.4 Å². The van der Waals surface area contributed by atoms with Crippen molar-refractivity contribution in [3.05, 3.63) is 56.7 Å². The fraction of sp³-hybridized carbons (Fsp3) is 0.154. The van der Waals surface area contributed by atoms with E-state index in [1.165, 1.54) is 13.2 Å². The van der Waals surface area contributed by atoms with E-state index in [2.05, 4.69) is 26.2 Å². The maximum atomic E-state index is 11.0. The minimum absolute atomic E-state index is 0.0160. The molecule has 1 heterocycles. The topological polar surface area (TPSA) is 77.3 Å². The van der Waals surface area contributed by atoms with Crippen molar-refractivity contribution in [3.63, 3.8) is 0 Å². The lowest BCUT2D eigenvalue weighted by molar-refractivity contribution is -0.384. The first-order chi connectivity index (χ1) is 9.61. The van der Waals surface area contributed by atoms with Crippen LogP contribution in [-0.2, 0) is 6.54 Å². The Hall–Kier alpha value is -2.15. The first-order valence-electron chi connectivity index (χ1n) is 5.77. The fourth-order valence-corrected chi connectivity index (χ4v) is 2.09. The standard InChI is InChI=1S/C13H12BrN3O3/c1-20-13-9(3-2-6-15-13)8-16-11-5-4-10(14)7-12(11)17(18)19/h2-7,16H,8H2,1H3. The molecule has 0 unspecified atom stereocenters. The second-order valence-corrected chi connectivity index (χ2v) is 4.86. The Balaban J connectivity index is 2.21. The molecule has 2 rings (SSSR count). The van der Waals surface area contributed by atoms with Crippen molar-refractivity contribution in [1.29, 1.82) is 0 Å². The van der Waals surface area contributed by atoms with E-state index in [0.717, 1.165) is 5.56 Å².